The van der Waals surface area contributed by atoms with E-state index in [1.165, 1.54) is 75.1 Å². The molecule has 2 aliphatic rings. The summed E-state index contributed by atoms with van der Waals surface area (Å²) >= 11 is 0. The number of benzene rings is 1. The van der Waals surface area contributed by atoms with Crippen molar-refractivity contribution in [2.45, 2.75) is 84.6 Å². The van der Waals surface area contributed by atoms with Crippen molar-refractivity contribution < 1.29 is 4.79 Å². The van der Waals surface area contributed by atoms with E-state index in [1.807, 2.05) is 6.07 Å². The molecule has 222 valence electrons. The number of nitrogens with one attached hydrogen (secondary N) is 1. The molecular weight excluding hydrogens is 510 g/mol. The summed E-state index contributed by atoms with van der Waals surface area (Å²) in [4.78, 5) is 29.6. The van der Waals surface area contributed by atoms with Crippen LogP contribution < -0.4 is 15.1 Å². The summed E-state index contributed by atoms with van der Waals surface area (Å²) in [5, 5.41) is 4.31. The summed E-state index contributed by atoms with van der Waals surface area (Å²) < 4.78 is 2.34. The molecule has 1 aromatic carbocycles. The molecule has 2 fully saturated rings. The second-order valence-electron chi connectivity index (χ2n) is 11.9. The van der Waals surface area contributed by atoms with Gasteiger partial charge >= 0.3 is 0 Å². The van der Waals surface area contributed by atoms with E-state index in [4.69, 9.17) is 9.97 Å². The first-order chi connectivity index (χ1) is 20.1. The molecule has 0 bridgehead atoms. The van der Waals surface area contributed by atoms with Crippen LogP contribution in [0.4, 0.5) is 17.5 Å². The Morgan fingerprint density at radius 1 is 0.829 bits per heavy atom. The summed E-state index contributed by atoms with van der Waals surface area (Å²) in [6.07, 6.45) is 15.1. The third kappa shape index (κ3) is 8.22. The molecule has 3 aromatic rings. The highest BCUT2D eigenvalue weighted by Crippen LogP contribution is 2.23. The van der Waals surface area contributed by atoms with E-state index < -0.39 is 0 Å². The molecule has 0 unspecified atom stereocenters. The van der Waals surface area contributed by atoms with Crippen molar-refractivity contribution >= 4 is 34.3 Å². The molecule has 1 amide bonds. The minimum Gasteiger partial charge on any atom is -0.356 e. The van der Waals surface area contributed by atoms with Crippen LogP contribution in [0, 0.1) is 6.92 Å². The van der Waals surface area contributed by atoms with Crippen LogP contribution in [0.1, 0.15) is 76.8 Å². The zero-order valence-corrected chi connectivity index (χ0v) is 25.3. The molecule has 0 atom stereocenters. The number of hydrogen-bond donors (Lipinski definition) is 1. The monoisotopic (exact) mass is 559 g/mol. The van der Waals surface area contributed by atoms with Crippen molar-refractivity contribution in [1.82, 2.24) is 19.4 Å². The molecule has 5 rings (SSSR count). The second kappa shape index (κ2) is 14.7. The maximum absolute atomic E-state index is 12.9. The first kappa shape index (κ1) is 29.4. The van der Waals surface area contributed by atoms with E-state index in [9.17, 15) is 4.79 Å². The molecule has 1 N–H and O–H groups in total. The van der Waals surface area contributed by atoms with Gasteiger partial charge in [-0.3, -0.25) is 9.69 Å². The molecule has 0 aliphatic carbocycles. The van der Waals surface area contributed by atoms with Gasteiger partial charge in [-0.1, -0.05) is 51.9 Å². The average Bonchev–Trinajstić information content (AvgIpc) is 3.17. The topological polar surface area (TPSA) is 69.5 Å². The van der Waals surface area contributed by atoms with Crippen molar-refractivity contribution in [2.75, 3.05) is 60.9 Å². The number of carbonyl (C=O) groups excluding carboxylic acids is 1. The van der Waals surface area contributed by atoms with Gasteiger partial charge in [-0.25, -0.2) is 4.98 Å². The van der Waals surface area contributed by atoms with Gasteiger partial charge in [0.25, 0.3) is 0 Å². The number of anilines is 3. The quantitative estimate of drug-likeness (QED) is 0.265. The number of piperazine rings is 1. The van der Waals surface area contributed by atoms with Crippen LogP contribution in [0.15, 0.2) is 36.5 Å². The lowest BCUT2D eigenvalue weighted by Gasteiger charge is -2.35. The number of nitrogens with zero attached hydrogens (tertiary/aromatic N) is 6. The number of unbranched alkanes of at least 4 members (excludes halogenated alkanes) is 5. The zero-order chi connectivity index (χ0) is 28.4. The largest absolute Gasteiger partial charge is 0.356 e. The molecule has 2 saturated heterocycles. The molecule has 0 radical (unpaired) electrons. The Balaban J connectivity index is 1.09. The smallest absolute Gasteiger partial charge is 0.238 e. The lowest BCUT2D eigenvalue weighted by molar-refractivity contribution is -0.117. The molecule has 0 saturated carbocycles. The van der Waals surface area contributed by atoms with Crippen LogP contribution >= 0.6 is 0 Å². The summed E-state index contributed by atoms with van der Waals surface area (Å²) in [6.45, 7) is 11.2. The molecule has 8 heteroatoms. The lowest BCUT2D eigenvalue weighted by Crippen LogP contribution is -2.49. The fourth-order valence-electron chi connectivity index (χ4n) is 6.18. The van der Waals surface area contributed by atoms with Gasteiger partial charge in [-0.2, -0.15) is 4.98 Å². The Labute approximate surface area is 246 Å². The van der Waals surface area contributed by atoms with Gasteiger partial charge in [0.1, 0.15) is 5.82 Å². The molecule has 2 aliphatic heterocycles. The van der Waals surface area contributed by atoms with E-state index in [0.29, 0.717) is 6.54 Å². The number of hydrogen-bond acceptors (Lipinski definition) is 6. The second-order valence-corrected chi connectivity index (χ2v) is 11.9. The van der Waals surface area contributed by atoms with Crippen LogP contribution in [0.25, 0.3) is 10.9 Å². The van der Waals surface area contributed by atoms with Crippen LogP contribution in [-0.4, -0.2) is 71.2 Å². The molecule has 0 spiro atoms. The van der Waals surface area contributed by atoms with Crippen LogP contribution in [0.5, 0.6) is 0 Å². The maximum Gasteiger partial charge on any atom is 0.238 e. The first-order valence-corrected chi connectivity index (χ1v) is 16.1. The maximum atomic E-state index is 12.9. The highest BCUT2D eigenvalue weighted by molar-refractivity contribution is 5.95. The normalized spacial score (nSPS) is 16.7. The Bertz CT molecular complexity index is 1260. The number of fused-ring (bicyclic) bond motifs is 1. The van der Waals surface area contributed by atoms with Gasteiger partial charge in [-0.05, 0) is 50.5 Å². The average molecular weight is 560 g/mol. The van der Waals surface area contributed by atoms with E-state index >= 15 is 0 Å². The number of aryl methyl sites for hydroxylation is 2. The summed E-state index contributed by atoms with van der Waals surface area (Å²) in [7, 11) is 0. The van der Waals surface area contributed by atoms with Crippen LogP contribution in [0.3, 0.4) is 0 Å². The minimum absolute atomic E-state index is 0.0413. The summed E-state index contributed by atoms with van der Waals surface area (Å²) in [5.41, 5.74) is 3.13. The van der Waals surface area contributed by atoms with Crippen molar-refractivity contribution in [3.05, 3.63) is 42.2 Å². The fourth-order valence-corrected chi connectivity index (χ4v) is 6.18. The van der Waals surface area contributed by atoms with Crippen molar-refractivity contribution in [3.63, 3.8) is 0 Å². The molecule has 2 aromatic heterocycles. The van der Waals surface area contributed by atoms with Crippen LogP contribution in [0.2, 0.25) is 0 Å². The summed E-state index contributed by atoms with van der Waals surface area (Å²) in [6, 6.07) is 10.6. The number of aromatic nitrogens is 3. The molecule has 4 heterocycles. The Morgan fingerprint density at radius 3 is 2.37 bits per heavy atom. The van der Waals surface area contributed by atoms with E-state index in [-0.39, 0.29) is 5.91 Å². The highest BCUT2D eigenvalue weighted by Gasteiger charge is 2.22. The standard InChI is InChI=1S/C33H49N7O/c1-3-4-5-6-7-10-16-38-19-15-28-25-29(13-14-30(28)38)35-32(41)26-37-20-22-40(23-21-37)33-34-27(2)24-31(36-33)39-17-11-8-9-12-18-39/h13-15,19,24-25H,3-12,16-18,20-23,26H2,1-2H3,(H,35,41). The number of rotatable bonds is 12. The van der Waals surface area contributed by atoms with Gasteiger partial charge in [0.05, 0.1) is 6.54 Å². The predicted molar refractivity (Wildman–Crippen MR) is 170 cm³/mol. The lowest BCUT2D eigenvalue weighted by atomic mass is 10.1. The van der Waals surface area contributed by atoms with E-state index in [0.717, 1.165) is 69.0 Å². The summed E-state index contributed by atoms with van der Waals surface area (Å²) in [5.74, 6) is 1.93. The minimum atomic E-state index is 0.0413. The third-order valence-electron chi connectivity index (χ3n) is 8.59. The fraction of sp³-hybridized carbons (Fsp3) is 0.606. The van der Waals surface area contributed by atoms with E-state index in [1.54, 1.807) is 0 Å². The van der Waals surface area contributed by atoms with Crippen molar-refractivity contribution in [3.8, 4) is 0 Å². The molecule has 8 nitrogen and oxygen atoms in total. The Morgan fingerprint density at radius 2 is 1.59 bits per heavy atom. The molecule has 41 heavy (non-hydrogen) atoms. The molecular formula is C33H49N7O. The SMILES string of the molecule is CCCCCCCCn1ccc2cc(NC(=O)CN3CCN(c4nc(C)cc(N5CCCCCC5)n4)CC3)ccc21. The van der Waals surface area contributed by atoms with Gasteiger partial charge in [0.15, 0.2) is 0 Å². The number of carbonyl (C=O) groups is 1. The Hall–Kier alpha value is -3.13. The van der Waals surface area contributed by atoms with Gasteiger partial charge in [-0.15, -0.1) is 0 Å². The van der Waals surface area contributed by atoms with Crippen molar-refractivity contribution in [1.29, 1.82) is 0 Å². The van der Waals surface area contributed by atoms with E-state index in [2.05, 4.69) is 68.9 Å². The first-order valence-electron chi connectivity index (χ1n) is 16.1. The number of amides is 1. The highest BCUT2D eigenvalue weighted by atomic mass is 16.2. The van der Waals surface area contributed by atoms with Gasteiger partial charge < -0.3 is 19.7 Å². The van der Waals surface area contributed by atoms with Gasteiger partial charge in [0, 0.05) is 80.4 Å². The third-order valence-corrected chi connectivity index (χ3v) is 8.59. The zero-order valence-electron chi connectivity index (χ0n) is 25.3. The van der Waals surface area contributed by atoms with Crippen molar-refractivity contribution in [2.24, 2.45) is 0 Å². The van der Waals surface area contributed by atoms with Crippen LogP contribution in [-0.2, 0) is 11.3 Å². The Kier molecular flexibility index (Phi) is 10.5. The predicted octanol–water partition coefficient (Wildman–Crippen LogP) is 6.24. The van der Waals surface area contributed by atoms with Gasteiger partial charge in [0.2, 0.25) is 11.9 Å².